The SMILES string of the molecule is COc1ccc(N2C(=O)/C(=C\c3ccc(OCC(=O)Nc4ccc(C)c(C)c4)cc3)SC2=S)cc1. The maximum Gasteiger partial charge on any atom is 0.270 e. The summed E-state index contributed by atoms with van der Waals surface area (Å²) in [5, 5.41) is 2.84. The van der Waals surface area contributed by atoms with Gasteiger partial charge in [0.25, 0.3) is 11.8 Å². The number of anilines is 2. The Hall–Kier alpha value is -3.62. The average Bonchev–Trinajstić information content (AvgIpc) is 3.13. The van der Waals surface area contributed by atoms with E-state index in [1.165, 1.54) is 22.2 Å². The number of nitrogens with zero attached hydrogens (tertiary/aromatic N) is 1. The van der Waals surface area contributed by atoms with E-state index in [4.69, 9.17) is 21.7 Å². The van der Waals surface area contributed by atoms with Gasteiger partial charge < -0.3 is 14.8 Å². The molecule has 0 radical (unpaired) electrons. The minimum atomic E-state index is -0.237. The highest BCUT2D eigenvalue weighted by Gasteiger charge is 2.33. The Morgan fingerprint density at radius 1 is 1.00 bits per heavy atom. The van der Waals surface area contributed by atoms with Crippen LogP contribution in [0.2, 0.25) is 0 Å². The second-order valence-electron chi connectivity index (χ2n) is 7.92. The predicted molar refractivity (Wildman–Crippen MR) is 145 cm³/mol. The molecule has 0 saturated carbocycles. The first-order valence-electron chi connectivity index (χ1n) is 10.9. The summed E-state index contributed by atoms with van der Waals surface area (Å²) in [7, 11) is 1.59. The van der Waals surface area contributed by atoms with E-state index in [9.17, 15) is 9.59 Å². The first-order chi connectivity index (χ1) is 16.8. The molecule has 1 fully saturated rings. The molecule has 3 aromatic carbocycles. The number of hydrogen-bond acceptors (Lipinski definition) is 6. The number of carbonyl (C=O) groups is 2. The van der Waals surface area contributed by atoms with Crippen molar-refractivity contribution in [3.05, 3.63) is 88.3 Å². The summed E-state index contributed by atoms with van der Waals surface area (Å²) in [6, 6.07) is 20.1. The number of ether oxygens (including phenoxy) is 2. The van der Waals surface area contributed by atoms with Gasteiger partial charge in [0.05, 0.1) is 17.7 Å². The van der Waals surface area contributed by atoms with Gasteiger partial charge >= 0.3 is 0 Å². The molecule has 1 N–H and O–H groups in total. The number of aryl methyl sites for hydroxylation is 2. The van der Waals surface area contributed by atoms with Crippen molar-refractivity contribution in [2.75, 3.05) is 23.9 Å². The molecule has 6 nitrogen and oxygen atoms in total. The van der Waals surface area contributed by atoms with Crippen molar-refractivity contribution >= 4 is 57.6 Å². The molecule has 35 heavy (non-hydrogen) atoms. The molecule has 0 spiro atoms. The van der Waals surface area contributed by atoms with Crippen molar-refractivity contribution in [2.45, 2.75) is 13.8 Å². The van der Waals surface area contributed by atoms with Crippen LogP contribution in [0.25, 0.3) is 6.08 Å². The fourth-order valence-corrected chi connectivity index (χ4v) is 4.70. The second kappa shape index (κ2) is 10.8. The van der Waals surface area contributed by atoms with Gasteiger partial charge in [0.15, 0.2) is 10.9 Å². The van der Waals surface area contributed by atoms with Crippen molar-refractivity contribution in [3.8, 4) is 11.5 Å². The number of methoxy groups -OCH3 is 1. The first kappa shape index (κ1) is 24.5. The summed E-state index contributed by atoms with van der Waals surface area (Å²) in [6.45, 7) is 3.92. The molecule has 8 heteroatoms. The fraction of sp³-hybridized carbons (Fsp3) is 0.148. The average molecular weight is 505 g/mol. The highest BCUT2D eigenvalue weighted by Crippen LogP contribution is 2.36. The van der Waals surface area contributed by atoms with E-state index in [2.05, 4.69) is 5.32 Å². The van der Waals surface area contributed by atoms with Crippen molar-refractivity contribution in [1.82, 2.24) is 0 Å². The highest BCUT2D eigenvalue weighted by atomic mass is 32.2. The highest BCUT2D eigenvalue weighted by molar-refractivity contribution is 8.27. The first-order valence-corrected chi connectivity index (χ1v) is 12.1. The molecule has 1 aliphatic rings. The van der Waals surface area contributed by atoms with Crippen LogP contribution in [-0.4, -0.2) is 29.9 Å². The van der Waals surface area contributed by atoms with E-state index in [0.717, 1.165) is 16.8 Å². The summed E-state index contributed by atoms with van der Waals surface area (Å²) >= 11 is 6.69. The van der Waals surface area contributed by atoms with Gasteiger partial charge in [0.1, 0.15) is 11.5 Å². The third-order valence-corrected chi connectivity index (χ3v) is 6.76. The quantitative estimate of drug-likeness (QED) is 0.327. The number of carbonyl (C=O) groups excluding carboxylic acids is 2. The van der Waals surface area contributed by atoms with Crippen LogP contribution in [0.15, 0.2) is 71.6 Å². The van der Waals surface area contributed by atoms with Crippen LogP contribution in [0.4, 0.5) is 11.4 Å². The molecule has 0 aromatic heterocycles. The normalized spacial score (nSPS) is 14.4. The molecule has 0 atom stereocenters. The van der Waals surface area contributed by atoms with Crippen LogP contribution in [0.5, 0.6) is 11.5 Å². The Labute approximate surface area is 213 Å². The molecule has 1 aliphatic heterocycles. The summed E-state index contributed by atoms with van der Waals surface area (Å²) in [5.41, 5.74) is 4.54. The maximum atomic E-state index is 13.0. The van der Waals surface area contributed by atoms with Gasteiger partial charge in [-0.3, -0.25) is 14.5 Å². The van der Waals surface area contributed by atoms with E-state index >= 15 is 0 Å². The molecule has 0 unspecified atom stereocenters. The lowest BCUT2D eigenvalue weighted by Gasteiger charge is -2.14. The molecule has 3 aromatic rings. The number of rotatable bonds is 7. The van der Waals surface area contributed by atoms with Crippen molar-refractivity contribution < 1.29 is 19.1 Å². The van der Waals surface area contributed by atoms with Crippen molar-refractivity contribution in [1.29, 1.82) is 0 Å². The lowest BCUT2D eigenvalue weighted by molar-refractivity contribution is -0.118. The van der Waals surface area contributed by atoms with Gasteiger partial charge in [-0.05, 0) is 85.1 Å². The van der Waals surface area contributed by atoms with Gasteiger partial charge in [-0.2, -0.15) is 0 Å². The third kappa shape index (κ3) is 5.90. The van der Waals surface area contributed by atoms with E-state index in [-0.39, 0.29) is 18.4 Å². The zero-order chi connectivity index (χ0) is 24.9. The molecule has 2 amide bonds. The maximum absolute atomic E-state index is 13.0. The van der Waals surface area contributed by atoms with Gasteiger partial charge in [0, 0.05) is 5.69 Å². The smallest absolute Gasteiger partial charge is 0.270 e. The van der Waals surface area contributed by atoms with E-state index < -0.39 is 0 Å². The molecular weight excluding hydrogens is 480 g/mol. The van der Waals surface area contributed by atoms with Gasteiger partial charge in [-0.1, -0.05) is 42.2 Å². The summed E-state index contributed by atoms with van der Waals surface area (Å²) in [6.07, 6.45) is 1.79. The molecule has 1 saturated heterocycles. The number of thioether (sulfide) groups is 1. The summed E-state index contributed by atoms with van der Waals surface area (Å²) in [5.74, 6) is 0.857. The Morgan fingerprint density at radius 3 is 2.34 bits per heavy atom. The van der Waals surface area contributed by atoms with Crippen LogP contribution in [-0.2, 0) is 9.59 Å². The Balaban J connectivity index is 1.36. The van der Waals surface area contributed by atoms with Crippen LogP contribution in [0.3, 0.4) is 0 Å². The molecule has 0 aliphatic carbocycles. The van der Waals surface area contributed by atoms with Gasteiger partial charge in [-0.15, -0.1) is 0 Å². The van der Waals surface area contributed by atoms with E-state index in [1.807, 2.05) is 44.2 Å². The topological polar surface area (TPSA) is 67.9 Å². The molecule has 178 valence electrons. The second-order valence-corrected chi connectivity index (χ2v) is 9.60. The molecular formula is C27H24N2O4S2. The third-order valence-electron chi connectivity index (χ3n) is 5.46. The van der Waals surface area contributed by atoms with Gasteiger partial charge in [0.2, 0.25) is 0 Å². The number of amides is 2. The van der Waals surface area contributed by atoms with Crippen LogP contribution < -0.4 is 19.7 Å². The molecule has 1 heterocycles. The summed E-state index contributed by atoms with van der Waals surface area (Å²) < 4.78 is 11.3. The van der Waals surface area contributed by atoms with E-state index in [1.54, 1.807) is 49.6 Å². The number of thiocarbonyl (C=S) groups is 1. The minimum Gasteiger partial charge on any atom is -0.497 e. The zero-order valence-corrected chi connectivity index (χ0v) is 21.2. The van der Waals surface area contributed by atoms with Crippen LogP contribution in [0.1, 0.15) is 16.7 Å². The fourth-order valence-electron chi connectivity index (χ4n) is 3.40. The standard InChI is InChI=1S/C27H24N2O4S2/c1-17-4-7-20(14-18(17)2)28-25(30)16-33-23-10-5-19(6-11-23)15-24-26(31)29(27(34)35-24)21-8-12-22(32-3)13-9-21/h4-15H,16H2,1-3H3,(H,28,30)/b24-15+. The summed E-state index contributed by atoms with van der Waals surface area (Å²) in [4.78, 5) is 27.2. The number of benzene rings is 3. The lowest BCUT2D eigenvalue weighted by atomic mass is 10.1. The lowest BCUT2D eigenvalue weighted by Crippen LogP contribution is -2.27. The minimum absolute atomic E-state index is 0.104. The van der Waals surface area contributed by atoms with Crippen LogP contribution in [0, 0.1) is 13.8 Å². The van der Waals surface area contributed by atoms with Gasteiger partial charge in [-0.25, -0.2) is 0 Å². The van der Waals surface area contributed by atoms with E-state index in [0.29, 0.717) is 26.4 Å². The zero-order valence-electron chi connectivity index (χ0n) is 19.5. The van der Waals surface area contributed by atoms with Crippen molar-refractivity contribution in [2.24, 2.45) is 0 Å². The number of nitrogens with one attached hydrogen (secondary N) is 1. The Bertz CT molecular complexity index is 1300. The number of hydrogen-bond donors (Lipinski definition) is 1. The van der Waals surface area contributed by atoms with Crippen LogP contribution >= 0.6 is 24.0 Å². The monoisotopic (exact) mass is 504 g/mol. The van der Waals surface area contributed by atoms with Crippen molar-refractivity contribution in [3.63, 3.8) is 0 Å². The predicted octanol–water partition coefficient (Wildman–Crippen LogP) is 5.74. The Kier molecular flexibility index (Phi) is 7.53. The largest absolute Gasteiger partial charge is 0.497 e. The Morgan fingerprint density at radius 2 is 1.69 bits per heavy atom. The molecule has 0 bridgehead atoms. The molecule has 4 rings (SSSR count).